The molecule has 6 nitrogen and oxygen atoms in total. The van der Waals surface area contributed by atoms with E-state index in [9.17, 15) is 4.79 Å². The third kappa shape index (κ3) is 5.82. The molecule has 3 rings (SSSR count). The van der Waals surface area contributed by atoms with Crippen molar-refractivity contribution in [3.8, 4) is 17.2 Å². The Balaban J connectivity index is 1.38. The van der Waals surface area contributed by atoms with Gasteiger partial charge in [-0.15, -0.1) is 10.2 Å². The van der Waals surface area contributed by atoms with E-state index < -0.39 is 0 Å². The summed E-state index contributed by atoms with van der Waals surface area (Å²) in [6.07, 6.45) is 0.659. The second kappa shape index (κ2) is 9.19. The van der Waals surface area contributed by atoms with Gasteiger partial charge in [-0.1, -0.05) is 35.4 Å². The summed E-state index contributed by atoms with van der Waals surface area (Å²) in [5, 5.41) is 11.4. The summed E-state index contributed by atoms with van der Waals surface area (Å²) < 4.78 is 11.1. The highest BCUT2D eigenvalue weighted by Crippen LogP contribution is 2.19. The third-order valence-corrected chi connectivity index (χ3v) is 4.06. The number of benzene rings is 2. The van der Waals surface area contributed by atoms with Gasteiger partial charge >= 0.3 is 0 Å². The van der Waals surface area contributed by atoms with Crippen LogP contribution in [-0.4, -0.2) is 29.3 Å². The smallest absolute Gasteiger partial charge is 0.247 e. The van der Waals surface area contributed by atoms with Crippen molar-refractivity contribution in [3.05, 3.63) is 65.0 Å². The maximum absolute atomic E-state index is 11.9. The summed E-state index contributed by atoms with van der Waals surface area (Å²) in [7, 11) is 0. The fourth-order valence-electron chi connectivity index (χ4n) is 2.39. The Kier molecular flexibility index (Phi) is 6.44. The van der Waals surface area contributed by atoms with E-state index >= 15 is 0 Å². The Morgan fingerprint density at radius 2 is 2.00 bits per heavy atom. The number of rotatable bonds is 8. The lowest BCUT2D eigenvalue weighted by Crippen LogP contribution is -2.28. The van der Waals surface area contributed by atoms with Crippen molar-refractivity contribution in [1.82, 2.24) is 15.5 Å². The quantitative estimate of drug-likeness (QED) is 0.596. The van der Waals surface area contributed by atoms with Crippen molar-refractivity contribution in [2.75, 3.05) is 13.2 Å². The molecule has 0 bridgehead atoms. The van der Waals surface area contributed by atoms with E-state index in [0.29, 0.717) is 42.1 Å². The lowest BCUT2D eigenvalue weighted by atomic mass is 10.1. The van der Waals surface area contributed by atoms with Crippen LogP contribution in [0.2, 0.25) is 5.02 Å². The number of aromatic nitrogens is 2. The number of amides is 1. The zero-order valence-corrected chi connectivity index (χ0v) is 15.7. The molecule has 27 heavy (non-hydrogen) atoms. The lowest BCUT2D eigenvalue weighted by Gasteiger charge is -2.07. The summed E-state index contributed by atoms with van der Waals surface area (Å²) in [6, 6.07) is 15.0. The van der Waals surface area contributed by atoms with E-state index in [0.717, 1.165) is 11.1 Å². The van der Waals surface area contributed by atoms with Crippen LogP contribution < -0.4 is 10.1 Å². The molecule has 1 amide bonds. The van der Waals surface area contributed by atoms with Crippen molar-refractivity contribution in [1.29, 1.82) is 0 Å². The monoisotopic (exact) mass is 385 g/mol. The number of carbonyl (C=O) groups is 1. The predicted octanol–water partition coefficient (Wildman–Crippen LogP) is 3.83. The Bertz CT molecular complexity index is 893. The molecule has 3 aromatic rings. The van der Waals surface area contributed by atoms with Gasteiger partial charge in [-0.2, -0.15) is 0 Å². The SMILES string of the molecule is Cc1ccc(-c2nnc(CCC(=O)NCCOc3cccc(Cl)c3)o2)cc1. The summed E-state index contributed by atoms with van der Waals surface area (Å²) >= 11 is 5.89. The molecule has 0 radical (unpaired) electrons. The second-order valence-corrected chi connectivity index (χ2v) is 6.46. The normalized spacial score (nSPS) is 10.6. The van der Waals surface area contributed by atoms with Gasteiger partial charge in [0.25, 0.3) is 0 Å². The van der Waals surface area contributed by atoms with Crippen LogP contribution in [0.5, 0.6) is 5.75 Å². The summed E-state index contributed by atoms with van der Waals surface area (Å²) in [4.78, 5) is 11.9. The molecular weight excluding hydrogens is 366 g/mol. The van der Waals surface area contributed by atoms with Gasteiger partial charge in [0.1, 0.15) is 12.4 Å². The molecule has 1 heterocycles. The standard InChI is InChI=1S/C20H20ClN3O3/c1-14-5-7-15(8-6-14)20-24-23-19(27-20)10-9-18(25)22-11-12-26-17-4-2-3-16(21)13-17/h2-8,13H,9-12H2,1H3,(H,22,25). The van der Waals surface area contributed by atoms with E-state index in [-0.39, 0.29) is 12.3 Å². The Morgan fingerprint density at radius 3 is 2.78 bits per heavy atom. The number of hydrogen-bond donors (Lipinski definition) is 1. The second-order valence-electron chi connectivity index (χ2n) is 6.02. The molecule has 1 aromatic heterocycles. The van der Waals surface area contributed by atoms with Crippen LogP contribution in [-0.2, 0) is 11.2 Å². The Morgan fingerprint density at radius 1 is 1.19 bits per heavy atom. The van der Waals surface area contributed by atoms with Gasteiger partial charge < -0.3 is 14.5 Å². The fraction of sp³-hybridized carbons (Fsp3) is 0.250. The zero-order chi connectivity index (χ0) is 19.1. The molecule has 7 heteroatoms. The van der Waals surface area contributed by atoms with Crippen molar-refractivity contribution >= 4 is 17.5 Å². The Hall–Kier alpha value is -2.86. The number of ether oxygens (including phenoxy) is 1. The topological polar surface area (TPSA) is 77.2 Å². The van der Waals surface area contributed by atoms with E-state index in [4.69, 9.17) is 20.8 Å². The first kappa shape index (κ1) is 18.9. The van der Waals surface area contributed by atoms with E-state index in [1.54, 1.807) is 12.1 Å². The zero-order valence-electron chi connectivity index (χ0n) is 14.9. The molecule has 2 aromatic carbocycles. The minimum absolute atomic E-state index is 0.0974. The summed E-state index contributed by atoms with van der Waals surface area (Å²) in [6.45, 7) is 2.79. The molecule has 1 N–H and O–H groups in total. The van der Waals surface area contributed by atoms with Crippen molar-refractivity contribution < 1.29 is 13.9 Å². The maximum atomic E-state index is 11.9. The van der Waals surface area contributed by atoms with Gasteiger partial charge in [0.05, 0.1) is 6.54 Å². The largest absolute Gasteiger partial charge is 0.492 e. The summed E-state index contributed by atoms with van der Waals surface area (Å²) in [5.41, 5.74) is 2.02. The average Bonchev–Trinajstić information content (AvgIpc) is 3.13. The molecular formula is C20H20ClN3O3. The van der Waals surface area contributed by atoms with Crippen LogP contribution in [0.3, 0.4) is 0 Å². The molecule has 0 atom stereocenters. The molecule has 0 spiro atoms. The van der Waals surface area contributed by atoms with Crippen molar-refractivity contribution in [3.63, 3.8) is 0 Å². The summed E-state index contributed by atoms with van der Waals surface area (Å²) in [5.74, 6) is 1.47. The van der Waals surface area contributed by atoms with Gasteiger partial charge in [0.2, 0.25) is 17.7 Å². The van der Waals surface area contributed by atoms with Crippen LogP contribution in [0.25, 0.3) is 11.5 Å². The highest BCUT2D eigenvalue weighted by Gasteiger charge is 2.10. The molecule has 140 valence electrons. The van der Waals surface area contributed by atoms with Crippen LogP contribution in [0.1, 0.15) is 17.9 Å². The van der Waals surface area contributed by atoms with Crippen LogP contribution in [0.15, 0.2) is 52.9 Å². The minimum Gasteiger partial charge on any atom is -0.492 e. The van der Waals surface area contributed by atoms with Gasteiger partial charge in [0, 0.05) is 23.4 Å². The Labute approximate surface area is 162 Å². The van der Waals surface area contributed by atoms with Crippen molar-refractivity contribution in [2.24, 2.45) is 0 Å². The molecule has 0 saturated carbocycles. The van der Waals surface area contributed by atoms with Gasteiger partial charge in [-0.05, 0) is 37.3 Å². The highest BCUT2D eigenvalue weighted by molar-refractivity contribution is 6.30. The molecule has 0 unspecified atom stereocenters. The maximum Gasteiger partial charge on any atom is 0.247 e. The first-order valence-corrected chi connectivity index (χ1v) is 9.02. The van der Waals surface area contributed by atoms with Gasteiger partial charge in [0.15, 0.2) is 0 Å². The first-order valence-electron chi connectivity index (χ1n) is 8.64. The number of hydrogen-bond acceptors (Lipinski definition) is 5. The molecule has 0 aliphatic carbocycles. The van der Waals surface area contributed by atoms with E-state index in [1.165, 1.54) is 0 Å². The van der Waals surface area contributed by atoms with Crippen LogP contribution in [0.4, 0.5) is 0 Å². The molecule has 0 aliphatic rings. The van der Waals surface area contributed by atoms with E-state index in [2.05, 4.69) is 15.5 Å². The van der Waals surface area contributed by atoms with Gasteiger partial charge in [-0.25, -0.2) is 0 Å². The number of carbonyl (C=O) groups excluding carboxylic acids is 1. The first-order chi connectivity index (χ1) is 13.1. The molecule has 0 fully saturated rings. The highest BCUT2D eigenvalue weighted by atomic mass is 35.5. The molecule has 0 aliphatic heterocycles. The van der Waals surface area contributed by atoms with E-state index in [1.807, 2.05) is 43.3 Å². The minimum atomic E-state index is -0.0974. The fourth-order valence-corrected chi connectivity index (χ4v) is 2.57. The number of nitrogens with one attached hydrogen (secondary N) is 1. The molecule has 0 saturated heterocycles. The lowest BCUT2D eigenvalue weighted by molar-refractivity contribution is -0.121. The number of halogens is 1. The average molecular weight is 386 g/mol. The predicted molar refractivity (Wildman–Crippen MR) is 103 cm³/mol. The van der Waals surface area contributed by atoms with Crippen LogP contribution >= 0.6 is 11.6 Å². The van der Waals surface area contributed by atoms with Gasteiger partial charge in [-0.3, -0.25) is 4.79 Å². The third-order valence-electron chi connectivity index (χ3n) is 3.82. The van der Waals surface area contributed by atoms with Crippen LogP contribution in [0, 0.1) is 6.92 Å². The van der Waals surface area contributed by atoms with Crippen molar-refractivity contribution in [2.45, 2.75) is 19.8 Å². The number of nitrogens with zero attached hydrogens (tertiary/aromatic N) is 2. The number of aryl methyl sites for hydroxylation is 2.